The van der Waals surface area contributed by atoms with Crippen molar-refractivity contribution < 1.29 is 18.7 Å². The van der Waals surface area contributed by atoms with Crippen LogP contribution in [0.5, 0.6) is 11.5 Å². The van der Waals surface area contributed by atoms with Crippen molar-refractivity contribution in [2.75, 3.05) is 26.8 Å². The van der Waals surface area contributed by atoms with Crippen molar-refractivity contribution in [3.8, 4) is 11.5 Å². The van der Waals surface area contributed by atoms with Gasteiger partial charge in [-0.2, -0.15) is 0 Å². The zero-order chi connectivity index (χ0) is 22.1. The van der Waals surface area contributed by atoms with E-state index in [1.807, 2.05) is 17.0 Å². The highest BCUT2D eigenvalue weighted by Crippen LogP contribution is 2.34. The van der Waals surface area contributed by atoms with Crippen molar-refractivity contribution in [3.63, 3.8) is 0 Å². The molecule has 32 heavy (non-hydrogen) atoms. The average molecular weight is 432 g/mol. The number of carbonyl (C=O) groups excluding carboxylic acids is 1. The van der Waals surface area contributed by atoms with Crippen molar-refractivity contribution in [2.24, 2.45) is 0 Å². The van der Waals surface area contributed by atoms with Crippen LogP contribution in [0.2, 0.25) is 0 Å². The van der Waals surface area contributed by atoms with Crippen LogP contribution in [0.3, 0.4) is 0 Å². The van der Waals surface area contributed by atoms with Crippen molar-refractivity contribution in [1.29, 1.82) is 0 Å². The van der Waals surface area contributed by atoms with Crippen molar-refractivity contribution >= 4 is 27.8 Å². The summed E-state index contributed by atoms with van der Waals surface area (Å²) in [4.78, 5) is 29.3. The van der Waals surface area contributed by atoms with Gasteiger partial charge >= 0.3 is 5.63 Å². The van der Waals surface area contributed by atoms with Crippen molar-refractivity contribution in [2.45, 2.75) is 18.8 Å². The summed E-state index contributed by atoms with van der Waals surface area (Å²) in [6.45, 7) is 1.34. The number of aromatic nitrogens is 1. The highest BCUT2D eigenvalue weighted by molar-refractivity contribution is 5.85. The lowest BCUT2D eigenvalue weighted by Crippen LogP contribution is -2.40. The Labute approximate surface area is 184 Å². The molecule has 0 aliphatic carbocycles. The molecule has 1 N–H and O–H groups in total. The molecule has 0 bridgehead atoms. The Morgan fingerprint density at radius 1 is 1.09 bits per heavy atom. The van der Waals surface area contributed by atoms with Crippen LogP contribution < -0.4 is 15.1 Å². The quantitative estimate of drug-likeness (QED) is 0.481. The smallest absolute Gasteiger partial charge is 0.336 e. The second-order valence-electron chi connectivity index (χ2n) is 8.05. The highest BCUT2D eigenvalue weighted by Gasteiger charge is 2.25. The molecule has 0 atom stereocenters. The summed E-state index contributed by atoms with van der Waals surface area (Å²) in [5.41, 5.74) is 2.40. The van der Waals surface area contributed by atoms with Crippen molar-refractivity contribution in [1.82, 2.24) is 9.88 Å². The minimum absolute atomic E-state index is 0.0429. The van der Waals surface area contributed by atoms with E-state index in [-0.39, 0.29) is 12.5 Å². The summed E-state index contributed by atoms with van der Waals surface area (Å²) in [5.74, 6) is 1.70. The van der Waals surface area contributed by atoms with Gasteiger partial charge in [-0.15, -0.1) is 0 Å². The first kappa shape index (κ1) is 20.2. The third-order valence-electron chi connectivity index (χ3n) is 6.17. The fourth-order valence-electron chi connectivity index (χ4n) is 4.39. The van der Waals surface area contributed by atoms with E-state index in [0.29, 0.717) is 30.3 Å². The normalized spacial score (nSPS) is 14.7. The van der Waals surface area contributed by atoms with Gasteiger partial charge in [0.15, 0.2) is 6.61 Å². The lowest BCUT2D eigenvalue weighted by Gasteiger charge is -2.32. The Balaban J connectivity index is 1.20. The molecular weight excluding hydrogens is 408 g/mol. The zero-order valence-corrected chi connectivity index (χ0v) is 17.8. The van der Waals surface area contributed by atoms with Crippen LogP contribution in [-0.4, -0.2) is 42.6 Å². The van der Waals surface area contributed by atoms with E-state index in [9.17, 15) is 9.59 Å². The number of benzene rings is 2. The molecule has 2 aromatic heterocycles. The van der Waals surface area contributed by atoms with Gasteiger partial charge in [0, 0.05) is 47.7 Å². The predicted molar refractivity (Wildman–Crippen MR) is 121 cm³/mol. The molecule has 1 saturated heterocycles. The van der Waals surface area contributed by atoms with Crippen LogP contribution in [0.1, 0.15) is 24.3 Å². The number of rotatable bonds is 5. The van der Waals surface area contributed by atoms with Crippen LogP contribution in [0.4, 0.5) is 0 Å². The lowest BCUT2D eigenvalue weighted by atomic mass is 9.89. The van der Waals surface area contributed by atoms with Gasteiger partial charge in [0.25, 0.3) is 5.91 Å². The molecule has 1 aliphatic heterocycles. The second-order valence-corrected chi connectivity index (χ2v) is 8.05. The molecule has 1 fully saturated rings. The number of fused-ring (bicyclic) bond motifs is 2. The average Bonchev–Trinajstić information content (AvgIpc) is 3.25. The topological polar surface area (TPSA) is 84.8 Å². The Kier molecular flexibility index (Phi) is 5.31. The molecule has 3 heterocycles. The van der Waals surface area contributed by atoms with E-state index in [1.54, 1.807) is 31.4 Å². The number of methoxy groups -OCH3 is 1. The fraction of sp³-hybridized carbons (Fsp3) is 0.280. The molecular formula is C25H24N2O5. The number of likely N-dealkylation sites (tertiary alicyclic amines) is 1. The van der Waals surface area contributed by atoms with Gasteiger partial charge in [-0.05, 0) is 60.7 Å². The van der Waals surface area contributed by atoms with Crippen LogP contribution >= 0.6 is 0 Å². The zero-order valence-electron chi connectivity index (χ0n) is 17.8. The number of ether oxygens (including phenoxy) is 2. The summed E-state index contributed by atoms with van der Waals surface area (Å²) in [7, 11) is 1.67. The second kappa shape index (κ2) is 8.42. The molecule has 1 amide bonds. The molecule has 164 valence electrons. The Bertz CT molecular complexity index is 1330. The fourth-order valence-corrected chi connectivity index (χ4v) is 4.39. The summed E-state index contributed by atoms with van der Waals surface area (Å²) in [6.07, 6.45) is 3.88. The van der Waals surface area contributed by atoms with Crippen LogP contribution in [0.25, 0.3) is 21.9 Å². The number of amides is 1. The van der Waals surface area contributed by atoms with E-state index in [2.05, 4.69) is 17.2 Å². The first-order chi connectivity index (χ1) is 15.6. The van der Waals surface area contributed by atoms with E-state index in [4.69, 9.17) is 13.9 Å². The molecule has 5 rings (SSSR count). The van der Waals surface area contributed by atoms with Crippen LogP contribution in [0.15, 0.2) is 63.9 Å². The number of piperidine rings is 1. The largest absolute Gasteiger partial charge is 0.497 e. The maximum Gasteiger partial charge on any atom is 0.336 e. The monoisotopic (exact) mass is 432 g/mol. The van der Waals surface area contributed by atoms with E-state index < -0.39 is 5.63 Å². The summed E-state index contributed by atoms with van der Waals surface area (Å²) >= 11 is 0. The van der Waals surface area contributed by atoms with E-state index in [0.717, 1.165) is 29.5 Å². The predicted octanol–water partition coefficient (Wildman–Crippen LogP) is 4.07. The number of carbonyl (C=O) groups is 1. The third kappa shape index (κ3) is 3.93. The van der Waals surface area contributed by atoms with Gasteiger partial charge in [0.05, 0.1) is 7.11 Å². The Hall–Kier alpha value is -3.74. The van der Waals surface area contributed by atoms with Gasteiger partial charge in [0.2, 0.25) is 0 Å². The first-order valence-electron chi connectivity index (χ1n) is 10.7. The molecule has 0 spiro atoms. The minimum Gasteiger partial charge on any atom is -0.497 e. The number of nitrogens with zero attached hydrogens (tertiary/aromatic N) is 1. The molecule has 0 radical (unpaired) electrons. The number of nitrogens with one attached hydrogen (secondary N) is 1. The molecule has 0 saturated carbocycles. The lowest BCUT2D eigenvalue weighted by molar-refractivity contribution is -0.134. The first-order valence-corrected chi connectivity index (χ1v) is 10.7. The van der Waals surface area contributed by atoms with Crippen LogP contribution in [0, 0.1) is 0 Å². The Morgan fingerprint density at radius 2 is 1.88 bits per heavy atom. The standard InChI is InChI=1S/C25H24N2O5/c1-30-18-5-6-22-20(12-18)21(14-26-22)16-8-10-27(11-9-16)24(28)15-31-19-4-2-17-3-7-25(29)32-23(17)13-19/h2-7,12-14,16,26H,8-11,15H2,1H3. The maximum absolute atomic E-state index is 12.7. The third-order valence-corrected chi connectivity index (χ3v) is 6.17. The van der Waals surface area contributed by atoms with E-state index in [1.165, 1.54) is 17.0 Å². The molecule has 2 aromatic carbocycles. The highest BCUT2D eigenvalue weighted by atomic mass is 16.5. The number of hydrogen-bond acceptors (Lipinski definition) is 5. The molecule has 7 nitrogen and oxygen atoms in total. The van der Waals surface area contributed by atoms with E-state index >= 15 is 0 Å². The van der Waals surface area contributed by atoms with Gasteiger partial charge < -0.3 is 23.8 Å². The SMILES string of the molecule is COc1ccc2[nH]cc(C3CCN(C(=O)COc4ccc5ccc(=O)oc5c4)CC3)c2c1. The summed E-state index contributed by atoms with van der Waals surface area (Å²) in [6, 6.07) is 14.3. The van der Waals surface area contributed by atoms with Gasteiger partial charge in [0.1, 0.15) is 17.1 Å². The molecule has 1 aliphatic rings. The van der Waals surface area contributed by atoms with Gasteiger partial charge in [-0.1, -0.05) is 0 Å². The summed E-state index contributed by atoms with van der Waals surface area (Å²) in [5, 5.41) is 1.99. The number of aromatic amines is 1. The van der Waals surface area contributed by atoms with Crippen LogP contribution in [-0.2, 0) is 4.79 Å². The van der Waals surface area contributed by atoms with Gasteiger partial charge in [-0.3, -0.25) is 4.79 Å². The molecule has 0 unspecified atom stereocenters. The molecule has 7 heteroatoms. The molecule has 4 aromatic rings. The number of H-pyrrole nitrogens is 1. The Morgan fingerprint density at radius 3 is 2.69 bits per heavy atom. The summed E-state index contributed by atoms with van der Waals surface area (Å²) < 4.78 is 16.2. The number of hydrogen-bond donors (Lipinski definition) is 1. The maximum atomic E-state index is 12.7. The minimum atomic E-state index is -0.415. The van der Waals surface area contributed by atoms with Crippen molar-refractivity contribution in [3.05, 3.63) is 70.7 Å². The van der Waals surface area contributed by atoms with Gasteiger partial charge in [-0.25, -0.2) is 4.79 Å².